The molecule has 0 saturated heterocycles. The molecule has 0 amide bonds. The summed E-state index contributed by atoms with van der Waals surface area (Å²) in [6, 6.07) is 3.28. The van der Waals surface area contributed by atoms with E-state index in [0.717, 1.165) is 11.4 Å². The van der Waals surface area contributed by atoms with E-state index in [0.29, 0.717) is 0 Å². The van der Waals surface area contributed by atoms with Crippen LogP contribution in [-0.2, 0) is 0 Å². The Morgan fingerprint density at radius 3 is 3.08 bits per heavy atom. The van der Waals surface area contributed by atoms with Gasteiger partial charge in [-0.05, 0) is 6.07 Å². The molecule has 0 spiro atoms. The molecular weight excluding hydrogens is 154 g/mol. The van der Waals surface area contributed by atoms with Crippen LogP contribution in [0.1, 0.15) is 11.6 Å². The van der Waals surface area contributed by atoms with E-state index in [1.807, 2.05) is 6.07 Å². The minimum Gasteiger partial charge on any atom is -0.394 e. The summed E-state index contributed by atoms with van der Waals surface area (Å²) in [5.41, 5.74) is 6.48. The molecule has 0 unspecified atom stereocenters. The van der Waals surface area contributed by atoms with Crippen molar-refractivity contribution in [2.45, 2.75) is 6.04 Å². The topological polar surface area (TPSA) is 71.2 Å². The highest BCUT2D eigenvalue weighted by atomic mass is 16.3. The van der Waals surface area contributed by atoms with E-state index in [4.69, 9.17) is 10.8 Å². The van der Waals surface area contributed by atoms with Crippen LogP contribution in [0.15, 0.2) is 18.3 Å². The number of hydrogen-bond acceptors (Lipinski definition) is 4. The lowest BCUT2D eigenvalue weighted by Gasteiger charge is -2.11. The second-order valence-corrected chi connectivity index (χ2v) is 2.48. The first-order valence-electron chi connectivity index (χ1n) is 3.78. The van der Waals surface area contributed by atoms with Crippen molar-refractivity contribution < 1.29 is 5.11 Å². The van der Waals surface area contributed by atoms with Gasteiger partial charge in [-0.25, -0.2) is 4.98 Å². The average molecular weight is 167 g/mol. The molecule has 4 N–H and O–H groups in total. The van der Waals surface area contributed by atoms with Gasteiger partial charge in [0.1, 0.15) is 5.82 Å². The smallest absolute Gasteiger partial charge is 0.130 e. The summed E-state index contributed by atoms with van der Waals surface area (Å²) in [7, 11) is 1.77. The monoisotopic (exact) mass is 167 g/mol. The molecule has 0 aromatic carbocycles. The van der Waals surface area contributed by atoms with Crippen molar-refractivity contribution in [3.63, 3.8) is 0 Å². The largest absolute Gasteiger partial charge is 0.394 e. The Hall–Kier alpha value is -1.13. The molecule has 1 rings (SSSR count). The summed E-state index contributed by atoms with van der Waals surface area (Å²) >= 11 is 0. The summed E-state index contributed by atoms with van der Waals surface area (Å²) in [4.78, 5) is 4.06. The fourth-order valence-corrected chi connectivity index (χ4v) is 1.02. The number of aliphatic hydroxyl groups is 1. The number of anilines is 1. The van der Waals surface area contributed by atoms with Crippen molar-refractivity contribution in [3.05, 3.63) is 23.9 Å². The number of pyridine rings is 1. The van der Waals surface area contributed by atoms with Crippen molar-refractivity contribution in [2.75, 3.05) is 19.0 Å². The molecule has 0 bridgehead atoms. The number of rotatable bonds is 3. The molecule has 1 aromatic rings. The van der Waals surface area contributed by atoms with Gasteiger partial charge in [-0.2, -0.15) is 0 Å². The number of aliphatic hydroxyl groups excluding tert-OH is 1. The molecule has 0 aliphatic carbocycles. The minimum atomic E-state index is -0.360. The molecule has 12 heavy (non-hydrogen) atoms. The van der Waals surface area contributed by atoms with Crippen LogP contribution in [0.3, 0.4) is 0 Å². The number of hydrogen-bond donors (Lipinski definition) is 3. The maximum absolute atomic E-state index is 8.83. The van der Waals surface area contributed by atoms with Gasteiger partial charge in [0.2, 0.25) is 0 Å². The Bertz CT molecular complexity index is 252. The molecular formula is C8H13N3O. The van der Waals surface area contributed by atoms with Crippen LogP contribution in [0.4, 0.5) is 5.82 Å². The molecule has 0 aliphatic rings. The number of nitrogens with zero attached hydrogens (tertiary/aromatic N) is 1. The second-order valence-electron chi connectivity index (χ2n) is 2.48. The van der Waals surface area contributed by atoms with Gasteiger partial charge in [-0.15, -0.1) is 0 Å². The summed E-state index contributed by atoms with van der Waals surface area (Å²) in [6.07, 6.45) is 1.68. The Kier molecular flexibility index (Phi) is 3.01. The van der Waals surface area contributed by atoms with Crippen LogP contribution in [0, 0.1) is 0 Å². The zero-order valence-electron chi connectivity index (χ0n) is 6.99. The third kappa shape index (κ3) is 1.72. The van der Waals surface area contributed by atoms with Crippen LogP contribution in [0.5, 0.6) is 0 Å². The van der Waals surface area contributed by atoms with Gasteiger partial charge in [0.25, 0.3) is 0 Å². The molecule has 1 atom stereocenters. The first-order chi connectivity index (χ1) is 5.79. The molecule has 4 nitrogen and oxygen atoms in total. The Morgan fingerprint density at radius 1 is 1.75 bits per heavy atom. The quantitative estimate of drug-likeness (QED) is 0.597. The minimum absolute atomic E-state index is 0.0691. The third-order valence-corrected chi connectivity index (χ3v) is 1.67. The molecule has 0 fully saturated rings. The van der Waals surface area contributed by atoms with Crippen molar-refractivity contribution in [2.24, 2.45) is 5.73 Å². The summed E-state index contributed by atoms with van der Waals surface area (Å²) in [6.45, 7) is -0.0691. The van der Waals surface area contributed by atoms with E-state index >= 15 is 0 Å². The first kappa shape index (κ1) is 8.96. The molecule has 1 aromatic heterocycles. The summed E-state index contributed by atoms with van der Waals surface area (Å²) in [5, 5.41) is 11.7. The lowest BCUT2D eigenvalue weighted by Crippen LogP contribution is -2.16. The lowest BCUT2D eigenvalue weighted by atomic mass is 10.1. The normalized spacial score (nSPS) is 12.6. The van der Waals surface area contributed by atoms with Gasteiger partial charge in [0.15, 0.2) is 0 Å². The van der Waals surface area contributed by atoms with Crippen molar-refractivity contribution in [1.82, 2.24) is 4.98 Å². The van der Waals surface area contributed by atoms with Gasteiger partial charge in [0, 0.05) is 18.8 Å². The third-order valence-electron chi connectivity index (χ3n) is 1.67. The van der Waals surface area contributed by atoms with E-state index in [2.05, 4.69) is 10.3 Å². The molecule has 0 radical (unpaired) electrons. The lowest BCUT2D eigenvalue weighted by molar-refractivity contribution is 0.268. The second kappa shape index (κ2) is 4.04. The number of nitrogens with one attached hydrogen (secondary N) is 1. The Morgan fingerprint density at radius 2 is 2.50 bits per heavy atom. The predicted molar refractivity (Wildman–Crippen MR) is 47.8 cm³/mol. The van der Waals surface area contributed by atoms with Crippen LogP contribution >= 0.6 is 0 Å². The van der Waals surface area contributed by atoms with Crippen LogP contribution in [0.2, 0.25) is 0 Å². The van der Waals surface area contributed by atoms with Gasteiger partial charge in [-0.1, -0.05) is 6.07 Å². The zero-order chi connectivity index (χ0) is 8.97. The molecule has 0 aliphatic heterocycles. The highest BCUT2D eigenvalue weighted by Crippen LogP contribution is 2.16. The maximum Gasteiger partial charge on any atom is 0.130 e. The van der Waals surface area contributed by atoms with Crippen molar-refractivity contribution in [3.8, 4) is 0 Å². The molecule has 1 heterocycles. The van der Waals surface area contributed by atoms with Crippen molar-refractivity contribution in [1.29, 1.82) is 0 Å². The highest BCUT2D eigenvalue weighted by molar-refractivity contribution is 5.44. The average Bonchev–Trinajstić information content (AvgIpc) is 2.16. The predicted octanol–water partition coefficient (Wildman–Crippen LogP) is 0.115. The standard InChI is InChI=1S/C8H13N3O/c1-10-8-6(7(9)5-12)3-2-4-11-8/h2-4,7,12H,5,9H2,1H3,(H,10,11)/t7-/m1/s1. The van der Waals surface area contributed by atoms with E-state index in [1.165, 1.54) is 0 Å². The molecule has 4 heteroatoms. The Balaban J connectivity index is 2.96. The Labute approximate surface area is 71.4 Å². The zero-order valence-corrected chi connectivity index (χ0v) is 6.99. The van der Waals surface area contributed by atoms with E-state index in [1.54, 1.807) is 19.3 Å². The maximum atomic E-state index is 8.83. The van der Waals surface area contributed by atoms with Crippen LogP contribution in [0.25, 0.3) is 0 Å². The van der Waals surface area contributed by atoms with Crippen molar-refractivity contribution >= 4 is 5.82 Å². The van der Waals surface area contributed by atoms with Gasteiger partial charge in [-0.3, -0.25) is 0 Å². The number of aromatic nitrogens is 1. The number of nitrogens with two attached hydrogens (primary N) is 1. The van der Waals surface area contributed by atoms with Crippen LogP contribution < -0.4 is 11.1 Å². The van der Waals surface area contributed by atoms with E-state index < -0.39 is 0 Å². The highest BCUT2D eigenvalue weighted by Gasteiger charge is 2.08. The summed E-state index contributed by atoms with van der Waals surface area (Å²) < 4.78 is 0. The molecule has 66 valence electrons. The van der Waals surface area contributed by atoms with Gasteiger partial charge in [0.05, 0.1) is 12.6 Å². The fourth-order valence-electron chi connectivity index (χ4n) is 1.02. The van der Waals surface area contributed by atoms with E-state index in [9.17, 15) is 0 Å². The molecule has 0 saturated carbocycles. The van der Waals surface area contributed by atoms with Gasteiger partial charge >= 0.3 is 0 Å². The summed E-state index contributed by atoms with van der Waals surface area (Å²) in [5.74, 6) is 0.721. The van der Waals surface area contributed by atoms with Crippen LogP contribution in [-0.4, -0.2) is 23.7 Å². The first-order valence-corrected chi connectivity index (χ1v) is 3.78. The fraction of sp³-hybridized carbons (Fsp3) is 0.375. The van der Waals surface area contributed by atoms with Gasteiger partial charge < -0.3 is 16.2 Å². The SMILES string of the molecule is CNc1ncccc1[C@H](N)CO. The van der Waals surface area contributed by atoms with E-state index in [-0.39, 0.29) is 12.6 Å².